The van der Waals surface area contributed by atoms with Crippen LogP contribution in [0.3, 0.4) is 0 Å². The minimum absolute atomic E-state index is 0.0330. The van der Waals surface area contributed by atoms with Crippen LogP contribution < -0.4 is 24.4 Å². The van der Waals surface area contributed by atoms with E-state index in [-0.39, 0.29) is 45.3 Å². The number of furan rings is 1. The molecule has 1 spiro atoms. The van der Waals surface area contributed by atoms with Crippen LogP contribution in [0.5, 0.6) is 17.2 Å². The highest BCUT2D eigenvalue weighted by molar-refractivity contribution is 7.90. The highest BCUT2D eigenvalue weighted by Gasteiger charge is 2.50. The lowest BCUT2D eigenvalue weighted by Crippen LogP contribution is -2.60. The molecular formula is C58H67N9O9S. The molecule has 11 rings (SSSR count). The zero-order valence-electron chi connectivity index (χ0n) is 44.0. The predicted molar refractivity (Wildman–Crippen MR) is 294 cm³/mol. The molecule has 2 saturated carbocycles. The second kappa shape index (κ2) is 21.1. The van der Waals surface area contributed by atoms with Crippen molar-refractivity contribution in [3.8, 4) is 17.2 Å². The Morgan fingerprint density at radius 2 is 1.73 bits per heavy atom. The van der Waals surface area contributed by atoms with Crippen LogP contribution in [0, 0.1) is 21.4 Å². The van der Waals surface area contributed by atoms with E-state index in [9.17, 15) is 28.4 Å². The maximum Gasteiger partial charge on any atom is 0.297 e. The van der Waals surface area contributed by atoms with Gasteiger partial charge in [0.2, 0.25) is 0 Å². The second-order valence-electron chi connectivity index (χ2n) is 22.3. The number of aromatic amines is 1. The van der Waals surface area contributed by atoms with E-state index < -0.39 is 37.0 Å². The number of aromatic nitrogens is 3. The SMILES string of the molecule is COc1ccc(CN2CCN(C3CC4(CCN(c5cc(Oc6cnc7[nH]ccc7c6)c(C(=O)NS(=O)(=O)c6cc([N+](=O)[O-])c(NC[C@H]7CC[C@](C)(O)CC7)c7occc67)cn5)CC4)C3)[C@H](c3ccccc3C(C)C)C2)cc1. The van der Waals surface area contributed by atoms with Crippen molar-refractivity contribution in [3.63, 3.8) is 0 Å². The van der Waals surface area contributed by atoms with E-state index in [2.05, 4.69) is 85.0 Å². The Kier molecular flexibility index (Phi) is 14.2. The van der Waals surface area contributed by atoms with Gasteiger partial charge in [-0.05, 0) is 123 Å². The monoisotopic (exact) mass is 1070 g/mol. The molecule has 18 nitrogen and oxygen atoms in total. The number of fused-ring (bicyclic) bond motifs is 2. The molecule has 1 atom stereocenters. The van der Waals surface area contributed by atoms with Crippen LogP contribution in [-0.4, -0.2) is 107 Å². The van der Waals surface area contributed by atoms with E-state index in [1.54, 1.807) is 32.4 Å². The first-order valence-electron chi connectivity index (χ1n) is 26.8. The molecule has 77 heavy (non-hydrogen) atoms. The van der Waals surface area contributed by atoms with Crippen LogP contribution in [-0.2, 0) is 16.6 Å². The van der Waals surface area contributed by atoms with Crippen molar-refractivity contribution in [1.29, 1.82) is 0 Å². The molecule has 2 aliphatic heterocycles. The van der Waals surface area contributed by atoms with E-state index in [1.807, 2.05) is 18.2 Å². The number of rotatable bonds is 16. The van der Waals surface area contributed by atoms with Gasteiger partial charge >= 0.3 is 0 Å². The van der Waals surface area contributed by atoms with Crippen molar-refractivity contribution >= 4 is 55.1 Å². The Balaban J connectivity index is 0.804. The molecular weight excluding hydrogens is 999 g/mol. The van der Waals surface area contributed by atoms with Crippen LogP contribution in [0.25, 0.3) is 22.0 Å². The largest absolute Gasteiger partial charge is 0.497 e. The molecule has 6 heterocycles. The van der Waals surface area contributed by atoms with Gasteiger partial charge in [0.1, 0.15) is 39.2 Å². The molecule has 4 fully saturated rings. The number of amides is 1. The summed E-state index contributed by atoms with van der Waals surface area (Å²) in [5, 5.41) is 27.0. The fourth-order valence-electron chi connectivity index (χ4n) is 12.4. The van der Waals surface area contributed by atoms with Crippen molar-refractivity contribution in [2.24, 2.45) is 11.3 Å². The lowest BCUT2D eigenvalue weighted by molar-refractivity contribution is -0.384. The number of anilines is 2. The number of nitro benzene ring substituents is 1. The number of carbonyl (C=O) groups excluding carboxylic acids is 1. The third-order valence-electron chi connectivity index (χ3n) is 16.8. The van der Waals surface area contributed by atoms with Gasteiger partial charge in [0, 0.05) is 93.2 Å². The Labute approximate surface area is 448 Å². The Hall–Kier alpha value is -7.06. The van der Waals surface area contributed by atoms with Crippen LogP contribution in [0.2, 0.25) is 0 Å². The summed E-state index contributed by atoms with van der Waals surface area (Å²) < 4.78 is 48.3. The molecule has 4 aromatic heterocycles. The lowest BCUT2D eigenvalue weighted by Gasteiger charge is -2.58. The molecule has 0 radical (unpaired) electrons. The predicted octanol–water partition coefficient (Wildman–Crippen LogP) is 10.3. The van der Waals surface area contributed by atoms with Crippen molar-refractivity contribution in [2.75, 3.05) is 56.6 Å². The fourth-order valence-corrected chi connectivity index (χ4v) is 13.6. The fraction of sp³-hybridized carbons (Fsp3) is 0.431. The molecule has 4 N–H and O–H groups in total. The second-order valence-corrected chi connectivity index (χ2v) is 24.0. The Morgan fingerprint density at radius 1 is 0.961 bits per heavy atom. The zero-order chi connectivity index (χ0) is 53.6. The number of piperazine rings is 1. The number of methoxy groups -OCH3 is 1. The van der Waals surface area contributed by atoms with Gasteiger partial charge < -0.3 is 34.2 Å². The number of hydrogen-bond donors (Lipinski definition) is 4. The average Bonchev–Trinajstić information content (AvgIpc) is 4.19. The number of piperidine rings is 1. The van der Waals surface area contributed by atoms with Crippen molar-refractivity contribution in [3.05, 3.63) is 136 Å². The van der Waals surface area contributed by atoms with Gasteiger partial charge in [0.05, 0.1) is 30.1 Å². The minimum Gasteiger partial charge on any atom is -0.497 e. The number of aliphatic hydroxyl groups is 1. The zero-order valence-corrected chi connectivity index (χ0v) is 44.9. The summed E-state index contributed by atoms with van der Waals surface area (Å²) in [6.45, 7) is 12.0. The smallest absolute Gasteiger partial charge is 0.297 e. The van der Waals surface area contributed by atoms with Crippen LogP contribution >= 0.6 is 0 Å². The summed E-state index contributed by atoms with van der Waals surface area (Å²) in [5.41, 5.74) is 3.50. The summed E-state index contributed by atoms with van der Waals surface area (Å²) in [6, 6.07) is 25.7. The van der Waals surface area contributed by atoms with Gasteiger partial charge in [-0.2, -0.15) is 0 Å². The van der Waals surface area contributed by atoms with E-state index in [0.29, 0.717) is 61.4 Å². The van der Waals surface area contributed by atoms with Gasteiger partial charge in [-0.1, -0.05) is 50.2 Å². The molecule has 0 bridgehead atoms. The number of benzene rings is 3. The molecule has 4 aliphatic rings. The number of pyridine rings is 2. The van der Waals surface area contributed by atoms with Crippen LogP contribution in [0.15, 0.2) is 113 Å². The number of sulfonamides is 1. The highest BCUT2D eigenvalue weighted by atomic mass is 32.2. The molecule has 2 saturated heterocycles. The maximum atomic E-state index is 14.3. The van der Waals surface area contributed by atoms with Gasteiger partial charge in [0.15, 0.2) is 11.3 Å². The quantitative estimate of drug-likeness (QED) is 0.0522. The molecule has 7 aromatic rings. The first-order chi connectivity index (χ1) is 37.0. The standard InChI is InChI=1S/C58H67N9O9S/c1-37(2)44-7-5-6-8-45(44)49-36-64(35-39-9-11-42(74-4)12-10-39)24-25-66(49)41-30-58(31-41)19-22-65(23-20-58)52-29-50(76-43-27-40-15-21-59-55(40)62-33-43)47(34-60-52)56(68)63-77(72,73)51-28-48(67(70)71)53(54-46(51)16-26-75-54)61-32-38-13-17-57(3,69)18-14-38/h5-12,15-16,21,26-29,33-34,37-38,41,49,61,69H,13-14,17-20,22-25,30-32,35-36H2,1-4H3,(H,59,62)(H,63,68)/t38-,49-,57-/m0/s1. The molecule has 404 valence electrons. The molecule has 1 amide bonds. The van der Waals surface area contributed by atoms with E-state index in [0.717, 1.165) is 82.2 Å². The van der Waals surface area contributed by atoms with E-state index >= 15 is 0 Å². The third kappa shape index (κ3) is 10.8. The first-order valence-corrected chi connectivity index (χ1v) is 28.3. The molecule has 3 aromatic carbocycles. The van der Waals surface area contributed by atoms with Crippen LogP contribution in [0.4, 0.5) is 17.2 Å². The molecule has 0 unspecified atom stereocenters. The summed E-state index contributed by atoms with van der Waals surface area (Å²) >= 11 is 0. The minimum atomic E-state index is -4.77. The number of hydrogen-bond acceptors (Lipinski definition) is 15. The normalized spacial score (nSPS) is 21.4. The summed E-state index contributed by atoms with van der Waals surface area (Å²) in [7, 11) is -3.07. The summed E-state index contributed by atoms with van der Waals surface area (Å²) in [6.07, 6.45) is 12.6. The van der Waals surface area contributed by atoms with Gasteiger partial charge in [-0.25, -0.2) is 23.1 Å². The maximum absolute atomic E-state index is 14.3. The Bertz CT molecular complexity index is 3410. The number of nitrogens with zero attached hydrogens (tertiary/aromatic N) is 6. The van der Waals surface area contributed by atoms with E-state index in [4.69, 9.17) is 18.9 Å². The molecule has 2 aliphatic carbocycles. The van der Waals surface area contributed by atoms with Crippen molar-refractivity contribution < 1.29 is 37.1 Å². The number of nitro groups is 1. The van der Waals surface area contributed by atoms with E-state index in [1.165, 1.54) is 41.4 Å². The van der Waals surface area contributed by atoms with Gasteiger partial charge in [-0.15, -0.1) is 0 Å². The van der Waals surface area contributed by atoms with Gasteiger partial charge in [0.25, 0.3) is 21.6 Å². The van der Waals surface area contributed by atoms with Crippen molar-refractivity contribution in [1.82, 2.24) is 29.5 Å². The first kappa shape index (κ1) is 52.0. The Morgan fingerprint density at radius 3 is 2.47 bits per heavy atom. The average molecular weight is 1070 g/mol. The number of nitrogens with one attached hydrogen (secondary N) is 3. The summed E-state index contributed by atoms with van der Waals surface area (Å²) in [5.74, 6) is 1.31. The lowest BCUT2D eigenvalue weighted by atomic mass is 9.59. The topological polar surface area (TPSA) is 222 Å². The number of ether oxygens (including phenoxy) is 2. The third-order valence-corrected chi connectivity index (χ3v) is 18.2. The number of H-pyrrole nitrogens is 1. The number of carbonyl (C=O) groups is 1. The van der Waals surface area contributed by atoms with Gasteiger partial charge in [-0.3, -0.25) is 24.7 Å². The molecule has 19 heteroatoms. The van der Waals surface area contributed by atoms with Crippen molar-refractivity contribution in [2.45, 2.75) is 107 Å². The van der Waals surface area contributed by atoms with Crippen LogP contribution in [0.1, 0.15) is 111 Å². The summed E-state index contributed by atoms with van der Waals surface area (Å²) in [4.78, 5) is 45.5. The highest BCUT2D eigenvalue weighted by Crippen LogP contribution is 2.53.